The molecular formula is C22H25N3O4. The number of benzene rings is 1. The van der Waals surface area contributed by atoms with E-state index in [0.717, 1.165) is 17.9 Å². The molecule has 4 rings (SSSR count). The van der Waals surface area contributed by atoms with Crippen molar-refractivity contribution >= 4 is 17.5 Å². The van der Waals surface area contributed by atoms with E-state index in [1.54, 1.807) is 43.5 Å². The van der Waals surface area contributed by atoms with Gasteiger partial charge in [0.05, 0.1) is 7.11 Å². The van der Waals surface area contributed by atoms with Crippen LogP contribution < -0.4 is 15.6 Å². The highest BCUT2D eigenvalue weighted by Crippen LogP contribution is 2.35. The van der Waals surface area contributed by atoms with E-state index < -0.39 is 0 Å². The van der Waals surface area contributed by atoms with Crippen LogP contribution in [-0.4, -0.2) is 41.5 Å². The first kappa shape index (κ1) is 19.2. The molecule has 1 saturated heterocycles. The Morgan fingerprint density at radius 3 is 2.62 bits per heavy atom. The van der Waals surface area contributed by atoms with Gasteiger partial charge in [0.25, 0.3) is 5.56 Å². The van der Waals surface area contributed by atoms with Crippen molar-refractivity contribution in [3.63, 3.8) is 0 Å². The summed E-state index contributed by atoms with van der Waals surface area (Å²) in [4.78, 5) is 38.9. The zero-order valence-corrected chi connectivity index (χ0v) is 16.5. The van der Waals surface area contributed by atoms with E-state index in [1.807, 2.05) is 15.5 Å². The molecular weight excluding hydrogens is 370 g/mol. The minimum absolute atomic E-state index is 0.00342. The van der Waals surface area contributed by atoms with Gasteiger partial charge in [0.1, 0.15) is 5.75 Å². The Labute approximate surface area is 169 Å². The van der Waals surface area contributed by atoms with Crippen LogP contribution in [0.15, 0.2) is 47.3 Å². The molecule has 2 aromatic rings. The third kappa shape index (κ3) is 4.18. The number of carbonyl (C=O) groups is 2. The average molecular weight is 395 g/mol. The number of anilines is 1. The van der Waals surface area contributed by atoms with Crippen LogP contribution in [0.5, 0.6) is 5.75 Å². The molecule has 2 aliphatic heterocycles. The smallest absolute Gasteiger partial charge is 0.250 e. The first-order valence-electron chi connectivity index (χ1n) is 9.95. The molecule has 0 radical (unpaired) electrons. The summed E-state index contributed by atoms with van der Waals surface area (Å²) in [6, 6.07) is 12.5. The zero-order chi connectivity index (χ0) is 20.4. The lowest BCUT2D eigenvalue weighted by molar-refractivity contribution is -0.135. The number of fused-ring (bicyclic) bond motifs is 4. The monoisotopic (exact) mass is 395 g/mol. The molecule has 7 heteroatoms. The van der Waals surface area contributed by atoms with E-state index in [4.69, 9.17) is 4.74 Å². The fourth-order valence-electron chi connectivity index (χ4n) is 4.38. The number of likely N-dealkylation sites (tertiary alicyclic amines) is 1. The molecule has 1 N–H and O–H groups in total. The summed E-state index contributed by atoms with van der Waals surface area (Å²) >= 11 is 0. The molecule has 1 aromatic carbocycles. The maximum atomic E-state index is 12.7. The largest absolute Gasteiger partial charge is 0.497 e. The second-order valence-electron chi connectivity index (χ2n) is 7.77. The molecule has 2 aliphatic rings. The number of ether oxygens (including phenoxy) is 1. The van der Waals surface area contributed by atoms with E-state index >= 15 is 0 Å². The van der Waals surface area contributed by atoms with E-state index in [1.165, 1.54) is 0 Å². The molecule has 3 heterocycles. The third-order valence-electron chi connectivity index (χ3n) is 5.77. The van der Waals surface area contributed by atoms with Crippen molar-refractivity contribution in [3.8, 4) is 5.75 Å². The van der Waals surface area contributed by atoms with Crippen molar-refractivity contribution in [1.82, 2.24) is 9.47 Å². The number of carbonyl (C=O) groups excluding carboxylic acids is 2. The quantitative estimate of drug-likeness (QED) is 0.842. The topological polar surface area (TPSA) is 80.6 Å². The predicted molar refractivity (Wildman–Crippen MR) is 109 cm³/mol. The summed E-state index contributed by atoms with van der Waals surface area (Å²) in [6.45, 7) is 1.92. The van der Waals surface area contributed by atoms with Gasteiger partial charge in [0, 0.05) is 55.8 Å². The number of nitrogens with one attached hydrogen (secondary N) is 1. The van der Waals surface area contributed by atoms with Gasteiger partial charge in [-0.15, -0.1) is 0 Å². The van der Waals surface area contributed by atoms with Crippen LogP contribution in [0.25, 0.3) is 0 Å². The maximum Gasteiger partial charge on any atom is 0.250 e. The summed E-state index contributed by atoms with van der Waals surface area (Å²) < 4.78 is 6.95. The van der Waals surface area contributed by atoms with Crippen molar-refractivity contribution < 1.29 is 14.3 Å². The highest BCUT2D eigenvalue weighted by atomic mass is 16.5. The molecule has 152 valence electrons. The lowest BCUT2D eigenvalue weighted by atomic mass is 9.83. The van der Waals surface area contributed by atoms with Crippen molar-refractivity contribution in [3.05, 3.63) is 58.5 Å². The molecule has 2 amide bonds. The van der Waals surface area contributed by atoms with Crippen LogP contribution in [0.1, 0.15) is 30.9 Å². The standard InChI is InChI=1S/C22H25N3O4/c1-29-18-7-5-17(6-8-18)23-20(26)9-10-21(27)24-12-15-11-16(14-24)19-3-2-4-22(28)25(19)13-15/h2-8,15-16H,9-14H2,1H3,(H,23,26)/t15-,16+/m0/s1. The Bertz CT molecular complexity index is 967. The number of piperidine rings is 1. The Kier molecular flexibility index (Phi) is 5.38. The first-order valence-corrected chi connectivity index (χ1v) is 9.95. The minimum Gasteiger partial charge on any atom is -0.497 e. The molecule has 1 fully saturated rings. The molecule has 2 bridgehead atoms. The average Bonchev–Trinajstić information content (AvgIpc) is 2.73. The lowest BCUT2D eigenvalue weighted by Gasteiger charge is -2.42. The second-order valence-corrected chi connectivity index (χ2v) is 7.77. The van der Waals surface area contributed by atoms with E-state index in [9.17, 15) is 14.4 Å². The van der Waals surface area contributed by atoms with Crippen LogP contribution in [0.3, 0.4) is 0 Å². The van der Waals surface area contributed by atoms with Crippen molar-refractivity contribution in [2.75, 3.05) is 25.5 Å². The minimum atomic E-state index is -0.183. The molecule has 2 atom stereocenters. The summed E-state index contributed by atoms with van der Waals surface area (Å²) in [7, 11) is 1.59. The van der Waals surface area contributed by atoms with E-state index in [-0.39, 0.29) is 36.1 Å². The van der Waals surface area contributed by atoms with Gasteiger partial charge < -0.3 is 19.5 Å². The Balaban J connectivity index is 1.32. The third-order valence-corrected chi connectivity index (χ3v) is 5.77. The maximum absolute atomic E-state index is 12.7. The zero-order valence-electron chi connectivity index (χ0n) is 16.5. The number of hydrogen-bond donors (Lipinski definition) is 1. The van der Waals surface area contributed by atoms with Gasteiger partial charge in [-0.2, -0.15) is 0 Å². The summed E-state index contributed by atoms with van der Waals surface area (Å²) in [5.41, 5.74) is 1.73. The van der Waals surface area contributed by atoms with Crippen LogP contribution in [0.4, 0.5) is 5.69 Å². The van der Waals surface area contributed by atoms with Crippen LogP contribution >= 0.6 is 0 Å². The van der Waals surface area contributed by atoms with Gasteiger partial charge in [0.2, 0.25) is 11.8 Å². The van der Waals surface area contributed by atoms with Crippen LogP contribution in [0.2, 0.25) is 0 Å². The van der Waals surface area contributed by atoms with Gasteiger partial charge in [-0.3, -0.25) is 14.4 Å². The van der Waals surface area contributed by atoms with Gasteiger partial charge in [-0.05, 0) is 42.7 Å². The molecule has 29 heavy (non-hydrogen) atoms. The van der Waals surface area contributed by atoms with Crippen LogP contribution in [0, 0.1) is 5.92 Å². The fraction of sp³-hybridized carbons (Fsp3) is 0.409. The highest BCUT2D eigenvalue weighted by molar-refractivity contribution is 5.93. The fourth-order valence-corrected chi connectivity index (χ4v) is 4.38. The number of pyridine rings is 1. The Morgan fingerprint density at radius 1 is 1.07 bits per heavy atom. The predicted octanol–water partition coefficient (Wildman–Crippen LogP) is 2.22. The first-order chi connectivity index (χ1) is 14.0. The second kappa shape index (κ2) is 8.11. The molecule has 0 spiro atoms. The van der Waals surface area contributed by atoms with E-state index in [0.29, 0.717) is 31.2 Å². The lowest BCUT2D eigenvalue weighted by Crippen LogP contribution is -2.49. The number of amides is 2. The summed E-state index contributed by atoms with van der Waals surface area (Å²) in [6.07, 6.45) is 1.33. The van der Waals surface area contributed by atoms with Gasteiger partial charge in [0.15, 0.2) is 0 Å². The normalized spacial score (nSPS) is 20.0. The molecule has 0 unspecified atom stereocenters. The Morgan fingerprint density at radius 2 is 1.86 bits per heavy atom. The number of nitrogens with zero attached hydrogens (tertiary/aromatic N) is 2. The number of methoxy groups -OCH3 is 1. The number of hydrogen-bond acceptors (Lipinski definition) is 4. The molecule has 0 saturated carbocycles. The summed E-state index contributed by atoms with van der Waals surface area (Å²) in [5, 5.41) is 2.81. The summed E-state index contributed by atoms with van der Waals surface area (Å²) in [5.74, 6) is 1.01. The molecule has 0 aliphatic carbocycles. The molecule has 7 nitrogen and oxygen atoms in total. The molecule has 1 aromatic heterocycles. The van der Waals surface area contributed by atoms with Gasteiger partial charge >= 0.3 is 0 Å². The van der Waals surface area contributed by atoms with Crippen molar-refractivity contribution in [1.29, 1.82) is 0 Å². The van der Waals surface area contributed by atoms with Gasteiger partial charge in [-0.25, -0.2) is 0 Å². The number of rotatable bonds is 5. The SMILES string of the molecule is COc1ccc(NC(=O)CCC(=O)N2C[C@@H]3C[C@H](C2)c2cccc(=O)n2C3)cc1. The van der Waals surface area contributed by atoms with Crippen LogP contribution in [-0.2, 0) is 16.1 Å². The highest BCUT2D eigenvalue weighted by Gasteiger charge is 2.36. The number of aromatic nitrogens is 1. The van der Waals surface area contributed by atoms with Gasteiger partial charge in [-0.1, -0.05) is 6.07 Å². The Hall–Kier alpha value is -3.09. The van der Waals surface area contributed by atoms with E-state index in [2.05, 4.69) is 5.32 Å². The van der Waals surface area contributed by atoms with Crippen molar-refractivity contribution in [2.24, 2.45) is 5.92 Å². The van der Waals surface area contributed by atoms with Crippen molar-refractivity contribution in [2.45, 2.75) is 31.7 Å².